The van der Waals surface area contributed by atoms with E-state index in [1.54, 1.807) is 0 Å². The highest BCUT2D eigenvalue weighted by Crippen LogP contribution is 2.60. The maximum atomic E-state index is 12.1. The quantitative estimate of drug-likeness (QED) is 0.192. The monoisotopic (exact) mass is 674 g/mol. The first-order chi connectivity index (χ1) is 23.7. The fourth-order valence-electron chi connectivity index (χ4n) is 9.10. The third-order valence-corrected chi connectivity index (χ3v) is 11.2. The van der Waals surface area contributed by atoms with E-state index in [1.165, 1.54) is 33.4 Å². The van der Waals surface area contributed by atoms with E-state index in [-0.39, 0.29) is 21.7 Å². The Morgan fingerprint density at radius 1 is 0.373 bits per heavy atom. The van der Waals surface area contributed by atoms with Gasteiger partial charge in [0.2, 0.25) is 0 Å². The highest BCUT2D eigenvalue weighted by Gasteiger charge is 2.48. The third kappa shape index (κ3) is 5.12. The number of rotatable bonds is 2. The van der Waals surface area contributed by atoms with Crippen molar-refractivity contribution in [3.05, 3.63) is 142 Å². The number of benzene rings is 6. The van der Waals surface area contributed by atoms with Gasteiger partial charge in [-0.2, -0.15) is 0 Å². The Morgan fingerprint density at radius 2 is 0.706 bits per heavy atom. The summed E-state index contributed by atoms with van der Waals surface area (Å²) in [5, 5.41) is 28.6. The predicted octanol–water partition coefficient (Wildman–Crippen LogP) is 13.0. The minimum Gasteiger partial charge on any atom is -0.507 e. The maximum absolute atomic E-state index is 12.1. The molecular formula is C49H54O2. The van der Waals surface area contributed by atoms with Crippen molar-refractivity contribution in [2.45, 2.75) is 110 Å². The number of fused-ring (bicyclic) bond motifs is 5. The van der Waals surface area contributed by atoms with Gasteiger partial charge in [-0.25, -0.2) is 0 Å². The number of hydrogen-bond acceptors (Lipinski definition) is 2. The molecular weight excluding hydrogens is 621 g/mol. The number of hydrogen-bond donors (Lipinski definition) is 2. The second-order valence-electron chi connectivity index (χ2n) is 18.9. The lowest BCUT2D eigenvalue weighted by Crippen LogP contribution is -2.30. The Balaban J connectivity index is 1.79. The molecule has 262 valence electrons. The summed E-state index contributed by atoms with van der Waals surface area (Å²) in [6.07, 6.45) is 0. The molecule has 0 amide bonds. The second kappa shape index (κ2) is 11.2. The molecule has 1 aliphatic carbocycles. The van der Waals surface area contributed by atoms with Crippen LogP contribution >= 0.6 is 0 Å². The van der Waals surface area contributed by atoms with Crippen molar-refractivity contribution in [3.8, 4) is 22.6 Å². The highest BCUT2D eigenvalue weighted by molar-refractivity contribution is 6.02. The van der Waals surface area contributed by atoms with Gasteiger partial charge in [-0.15, -0.1) is 0 Å². The standard InChI is InChI=1S/C49H54O2/c1-45(2,3)39-27-33-31(41(43(39)50)47(7,8)9)21-17-25-37(33)49(35-23-15-13-19-29(35)30-20-14-16-24-36(30)49)38-26-18-22-32-34(38)28-40(46(4,5)6)44(51)42(32)48(10,11)12/h13-28,50-51H,1-12H3. The highest BCUT2D eigenvalue weighted by atomic mass is 16.3. The topological polar surface area (TPSA) is 40.5 Å². The average Bonchev–Trinajstić information content (AvgIpc) is 3.32. The smallest absolute Gasteiger partial charge is 0.123 e. The molecule has 0 bridgehead atoms. The van der Waals surface area contributed by atoms with Gasteiger partial charge in [0.05, 0.1) is 5.41 Å². The molecule has 0 saturated carbocycles. The molecule has 1 aliphatic rings. The molecule has 2 N–H and O–H groups in total. The lowest BCUT2D eigenvalue weighted by Gasteiger charge is -2.38. The fraction of sp³-hybridized carbons (Fsp3) is 0.347. The van der Waals surface area contributed by atoms with Crippen LogP contribution < -0.4 is 0 Å². The van der Waals surface area contributed by atoms with E-state index < -0.39 is 5.41 Å². The molecule has 2 heteroatoms. The van der Waals surface area contributed by atoms with Crippen LogP contribution in [-0.4, -0.2) is 10.2 Å². The van der Waals surface area contributed by atoms with Crippen molar-refractivity contribution in [1.29, 1.82) is 0 Å². The number of phenolic OH excluding ortho intramolecular Hbond substituents is 2. The zero-order valence-electron chi connectivity index (χ0n) is 32.6. The van der Waals surface area contributed by atoms with E-state index in [2.05, 4.69) is 180 Å². The molecule has 0 radical (unpaired) electrons. The van der Waals surface area contributed by atoms with Crippen LogP contribution in [0.1, 0.15) is 128 Å². The van der Waals surface area contributed by atoms with Gasteiger partial charge in [0.15, 0.2) is 0 Å². The van der Waals surface area contributed by atoms with Crippen LogP contribution in [0, 0.1) is 0 Å². The first-order valence-electron chi connectivity index (χ1n) is 18.5. The molecule has 0 unspecified atom stereocenters. The summed E-state index contributed by atoms with van der Waals surface area (Å²) in [6.45, 7) is 26.4. The zero-order chi connectivity index (χ0) is 37.1. The summed E-state index contributed by atoms with van der Waals surface area (Å²) in [6, 6.07) is 35.8. The summed E-state index contributed by atoms with van der Waals surface area (Å²) in [7, 11) is 0. The van der Waals surface area contributed by atoms with Crippen molar-refractivity contribution in [1.82, 2.24) is 0 Å². The summed E-state index contributed by atoms with van der Waals surface area (Å²) >= 11 is 0. The SMILES string of the molecule is CC(C)(C)c1cc2c(C3(c4cccc5c(C(C)(C)C)c(O)c(C(C)(C)C)cc45)c4ccccc4-c4ccccc43)cccc2c(C(C)(C)C)c1O. The van der Waals surface area contributed by atoms with Gasteiger partial charge in [-0.3, -0.25) is 0 Å². The van der Waals surface area contributed by atoms with Crippen LogP contribution in [0.3, 0.4) is 0 Å². The maximum Gasteiger partial charge on any atom is 0.123 e. The molecule has 0 atom stereocenters. The van der Waals surface area contributed by atoms with Crippen molar-refractivity contribution < 1.29 is 10.2 Å². The van der Waals surface area contributed by atoms with Gasteiger partial charge in [0.1, 0.15) is 11.5 Å². The van der Waals surface area contributed by atoms with Crippen LogP contribution in [0.25, 0.3) is 32.7 Å². The number of phenols is 2. The summed E-state index contributed by atoms with van der Waals surface area (Å²) in [5.74, 6) is 0.789. The first-order valence-corrected chi connectivity index (χ1v) is 18.5. The Bertz CT molecular complexity index is 2190. The van der Waals surface area contributed by atoms with E-state index in [4.69, 9.17) is 0 Å². The fourth-order valence-corrected chi connectivity index (χ4v) is 9.10. The van der Waals surface area contributed by atoms with Gasteiger partial charge >= 0.3 is 0 Å². The molecule has 7 rings (SSSR count). The summed E-state index contributed by atoms with van der Waals surface area (Å²) in [5.41, 5.74) is 9.34. The van der Waals surface area contributed by atoms with E-state index in [0.29, 0.717) is 11.5 Å². The van der Waals surface area contributed by atoms with E-state index in [9.17, 15) is 10.2 Å². The normalized spacial score (nSPS) is 14.6. The van der Waals surface area contributed by atoms with Crippen molar-refractivity contribution >= 4 is 21.5 Å². The minimum atomic E-state index is -0.700. The van der Waals surface area contributed by atoms with Crippen LogP contribution in [0.4, 0.5) is 0 Å². The van der Waals surface area contributed by atoms with Gasteiger partial charge < -0.3 is 10.2 Å². The molecule has 6 aromatic rings. The Hall–Kier alpha value is -4.56. The van der Waals surface area contributed by atoms with Crippen LogP contribution in [0.2, 0.25) is 0 Å². The van der Waals surface area contributed by atoms with Gasteiger partial charge in [0, 0.05) is 22.3 Å². The Labute approximate surface area is 305 Å². The van der Waals surface area contributed by atoms with Crippen molar-refractivity contribution in [2.24, 2.45) is 0 Å². The molecule has 2 nitrogen and oxygen atoms in total. The summed E-state index contributed by atoms with van der Waals surface area (Å²) < 4.78 is 0. The van der Waals surface area contributed by atoms with Crippen LogP contribution in [0.5, 0.6) is 11.5 Å². The molecule has 0 saturated heterocycles. The van der Waals surface area contributed by atoms with E-state index >= 15 is 0 Å². The lowest BCUT2D eigenvalue weighted by atomic mass is 9.64. The molecule has 0 heterocycles. The van der Waals surface area contributed by atoms with Crippen molar-refractivity contribution in [2.75, 3.05) is 0 Å². The zero-order valence-corrected chi connectivity index (χ0v) is 32.6. The number of aromatic hydroxyl groups is 2. The molecule has 0 aromatic heterocycles. The Morgan fingerprint density at radius 3 is 1.04 bits per heavy atom. The molecule has 0 aliphatic heterocycles. The molecule has 51 heavy (non-hydrogen) atoms. The predicted molar refractivity (Wildman–Crippen MR) is 217 cm³/mol. The summed E-state index contributed by atoms with van der Waals surface area (Å²) in [4.78, 5) is 0. The third-order valence-electron chi connectivity index (χ3n) is 11.2. The largest absolute Gasteiger partial charge is 0.507 e. The van der Waals surface area contributed by atoms with Crippen molar-refractivity contribution in [3.63, 3.8) is 0 Å². The molecule has 0 fully saturated rings. The minimum absolute atomic E-state index is 0.287. The average molecular weight is 675 g/mol. The van der Waals surface area contributed by atoms with Gasteiger partial charge in [-0.05, 0) is 88.7 Å². The second-order valence-corrected chi connectivity index (χ2v) is 18.9. The van der Waals surface area contributed by atoms with Gasteiger partial charge in [-0.1, -0.05) is 168 Å². The van der Waals surface area contributed by atoms with Crippen LogP contribution in [0.15, 0.2) is 97.1 Å². The van der Waals surface area contributed by atoms with E-state index in [1.807, 2.05) is 0 Å². The van der Waals surface area contributed by atoms with Crippen LogP contribution in [-0.2, 0) is 27.1 Å². The molecule has 0 spiro atoms. The molecule has 6 aromatic carbocycles. The van der Waals surface area contributed by atoms with E-state index in [0.717, 1.165) is 43.8 Å². The van der Waals surface area contributed by atoms with Gasteiger partial charge in [0.25, 0.3) is 0 Å². The Kier molecular flexibility index (Phi) is 7.67. The first kappa shape index (κ1) is 34.9. The lowest BCUT2D eigenvalue weighted by molar-refractivity contribution is 0.425.